The summed E-state index contributed by atoms with van der Waals surface area (Å²) in [7, 11) is 3.47. The maximum Gasteiger partial charge on any atom is 0.325 e. The molecule has 1 aliphatic rings. The van der Waals surface area contributed by atoms with Crippen LogP contribution in [-0.2, 0) is 6.42 Å². The number of urea groups is 1. The van der Waals surface area contributed by atoms with E-state index in [2.05, 4.69) is 17.1 Å². The van der Waals surface area contributed by atoms with Crippen LogP contribution in [0.2, 0.25) is 5.02 Å². The third-order valence-electron chi connectivity index (χ3n) is 5.11. The molecule has 0 saturated carbocycles. The summed E-state index contributed by atoms with van der Waals surface area (Å²) in [6.07, 6.45) is 2.57. The number of rotatable bonds is 5. The number of anilines is 1. The molecule has 0 N–H and O–H groups in total. The summed E-state index contributed by atoms with van der Waals surface area (Å²) in [5.41, 5.74) is 4.24. The summed E-state index contributed by atoms with van der Waals surface area (Å²) in [6.45, 7) is 1.39. The number of carbonyl (C=O) groups excluding carboxylic acids is 1. The van der Waals surface area contributed by atoms with E-state index < -0.39 is 0 Å². The molecule has 2 heterocycles. The van der Waals surface area contributed by atoms with Gasteiger partial charge in [-0.2, -0.15) is 0 Å². The molecule has 0 spiro atoms. The lowest BCUT2D eigenvalue weighted by Gasteiger charge is -2.15. The van der Waals surface area contributed by atoms with Crippen molar-refractivity contribution in [2.45, 2.75) is 6.42 Å². The standard InChI is InChI=1S/C23H22ClN3O2/c1-26-10-11-27(23(26)28)22-9-7-17(15-25-22)12-16-6-8-21(29-2)20(13-16)18-4-3-5-19(24)14-18/h3-9,13-15H,10-12H2,1-2H3. The second-order valence-electron chi connectivity index (χ2n) is 7.10. The summed E-state index contributed by atoms with van der Waals surface area (Å²) in [4.78, 5) is 20.0. The molecule has 0 atom stereocenters. The molecule has 1 aromatic heterocycles. The van der Waals surface area contributed by atoms with Gasteiger partial charge in [-0.05, 0) is 53.4 Å². The van der Waals surface area contributed by atoms with Crippen LogP contribution < -0.4 is 9.64 Å². The lowest BCUT2D eigenvalue weighted by atomic mass is 9.99. The molecule has 0 aliphatic carbocycles. The fraction of sp³-hybridized carbons (Fsp3) is 0.217. The number of methoxy groups -OCH3 is 1. The van der Waals surface area contributed by atoms with Gasteiger partial charge in [0.25, 0.3) is 0 Å². The molecule has 0 bridgehead atoms. The van der Waals surface area contributed by atoms with Crippen LogP contribution in [0.4, 0.5) is 10.6 Å². The first-order chi connectivity index (χ1) is 14.0. The van der Waals surface area contributed by atoms with E-state index in [1.54, 1.807) is 24.0 Å². The molecular weight excluding hydrogens is 386 g/mol. The first-order valence-corrected chi connectivity index (χ1v) is 9.83. The van der Waals surface area contributed by atoms with Crippen molar-refractivity contribution in [3.05, 3.63) is 76.9 Å². The molecule has 29 heavy (non-hydrogen) atoms. The fourth-order valence-corrected chi connectivity index (χ4v) is 3.71. The Morgan fingerprint density at radius 2 is 1.90 bits per heavy atom. The van der Waals surface area contributed by atoms with E-state index in [4.69, 9.17) is 16.3 Å². The van der Waals surface area contributed by atoms with Crippen molar-refractivity contribution in [2.24, 2.45) is 0 Å². The van der Waals surface area contributed by atoms with Gasteiger partial charge in [0.05, 0.1) is 7.11 Å². The maximum atomic E-state index is 12.1. The Morgan fingerprint density at radius 1 is 1.07 bits per heavy atom. The number of pyridine rings is 1. The summed E-state index contributed by atoms with van der Waals surface area (Å²) in [5.74, 6) is 1.50. The molecule has 1 saturated heterocycles. The molecule has 0 unspecified atom stereocenters. The van der Waals surface area contributed by atoms with Gasteiger partial charge in [-0.25, -0.2) is 9.78 Å². The molecule has 6 heteroatoms. The van der Waals surface area contributed by atoms with E-state index in [0.717, 1.165) is 41.0 Å². The van der Waals surface area contributed by atoms with Crippen LogP contribution in [0, 0.1) is 0 Å². The zero-order chi connectivity index (χ0) is 20.4. The SMILES string of the molecule is COc1ccc(Cc2ccc(N3CCN(C)C3=O)nc2)cc1-c1cccc(Cl)c1. The first-order valence-electron chi connectivity index (χ1n) is 9.45. The van der Waals surface area contributed by atoms with Crippen molar-refractivity contribution in [1.29, 1.82) is 0 Å². The predicted octanol–water partition coefficient (Wildman–Crippen LogP) is 4.87. The molecular formula is C23H22ClN3O2. The number of benzene rings is 2. The highest BCUT2D eigenvalue weighted by atomic mass is 35.5. The molecule has 1 aliphatic heterocycles. The van der Waals surface area contributed by atoms with Crippen molar-refractivity contribution >= 4 is 23.4 Å². The molecule has 5 nitrogen and oxygen atoms in total. The lowest BCUT2D eigenvalue weighted by molar-refractivity contribution is 0.229. The molecule has 1 fully saturated rings. The van der Waals surface area contributed by atoms with Crippen LogP contribution in [0.1, 0.15) is 11.1 Å². The van der Waals surface area contributed by atoms with Gasteiger partial charge in [0.15, 0.2) is 0 Å². The highest BCUT2D eigenvalue weighted by Gasteiger charge is 2.27. The van der Waals surface area contributed by atoms with Crippen molar-refractivity contribution in [3.8, 4) is 16.9 Å². The third kappa shape index (κ3) is 4.05. The number of amides is 2. The smallest absolute Gasteiger partial charge is 0.325 e. The highest BCUT2D eigenvalue weighted by Crippen LogP contribution is 2.33. The lowest BCUT2D eigenvalue weighted by Crippen LogP contribution is -2.29. The number of carbonyl (C=O) groups is 1. The van der Waals surface area contributed by atoms with Crippen molar-refractivity contribution in [2.75, 3.05) is 32.1 Å². The van der Waals surface area contributed by atoms with Crippen molar-refractivity contribution in [3.63, 3.8) is 0 Å². The van der Waals surface area contributed by atoms with E-state index in [1.807, 2.05) is 48.7 Å². The Hall–Kier alpha value is -3.05. The number of ether oxygens (including phenoxy) is 1. The third-order valence-corrected chi connectivity index (χ3v) is 5.34. The molecule has 2 aromatic carbocycles. The minimum atomic E-state index is -0.00781. The molecule has 0 radical (unpaired) electrons. The molecule has 4 rings (SSSR count). The maximum absolute atomic E-state index is 12.1. The number of nitrogens with zero attached hydrogens (tertiary/aromatic N) is 3. The molecule has 3 aromatic rings. The van der Waals surface area contributed by atoms with Gasteiger partial charge in [0.2, 0.25) is 0 Å². The van der Waals surface area contributed by atoms with Gasteiger partial charge in [-0.15, -0.1) is 0 Å². The topological polar surface area (TPSA) is 45.7 Å². The minimum Gasteiger partial charge on any atom is -0.496 e. The summed E-state index contributed by atoms with van der Waals surface area (Å²) < 4.78 is 5.54. The summed E-state index contributed by atoms with van der Waals surface area (Å²) in [5, 5.41) is 0.692. The van der Waals surface area contributed by atoms with E-state index in [-0.39, 0.29) is 6.03 Å². The molecule has 2 amide bonds. The van der Waals surface area contributed by atoms with E-state index in [1.165, 1.54) is 0 Å². The van der Waals surface area contributed by atoms with Gasteiger partial charge in [0, 0.05) is 36.9 Å². The quantitative estimate of drug-likeness (QED) is 0.606. The summed E-state index contributed by atoms with van der Waals surface area (Å²) >= 11 is 6.17. The Balaban J connectivity index is 1.57. The molecule has 148 valence electrons. The second kappa shape index (κ2) is 8.13. The predicted molar refractivity (Wildman–Crippen MR) is 116 cm³/mol. The average Bonchev–Trinajstić information content (AvgIpc) is 3.07. The second-order valence-corrected chi connectivity index (χ2v) is 7.54. The van der Waals surface area contributed by atoms with E-state index in [0.29, 0.717) is 17.4 Å². The normalized spacial score (nSPS) is 13.8. The monoisotopic (exact) mass is 407 g/mol. The van der Waals surface area contributed by atoms with Gasteiger partial charge in [0.1, 0.15) is 11.6 Å². The fourth-order valence-electron chi connectivity index (χ4n) is 3.52. The first kappa shape index (κ1) is 19.3. The number of likely N-dealkylation sites (N-methyl/N-ethyl adjacent to an activating group) is 1. The van der Waals surface area contributed by atoms with Crippen LogP contribution in [0.3, 0.4) is 0 Å². The van der Waals surface area contributed by atoms with Crippen LogP contribution in [0.25, 0.3) is 11.1 Å². The number of hydrogen-bond donors (Lipinski definition) is 0. The van der Waals surface area contributed by atoms with Crippen LogP contribution in [-0.4, -0.2) is 43.2 Å². The zero-order valence-corrected chi connectivity index (χ0v) is 17.2. The van der Waals surface area contributed by atoms with Gasteiger partial charge >= 0.3 is 6.03 Å². The largest absolute Gasteiger partial charge is 0.496 e. The minimum absolute atomic E-state index is 0.00781. The Kier molecular flexibility index (Phi) is 5.41. The van der Waals surface area contributed by atoms with Crippen LogP contribution >= 0.6 is 11.6 Å². The number of aromatic nitrogens is 1. The van der Waals surface area contributed by atoms with Crippen molar-refractivity contribution < 1.29 is 9.53 Å². The summed E-state index contributed by atoms with van der Waals surface area (Å²) in [6, 6.07) is 17.8. The van der Waals surface area contributed by atoms with Crippen LogP contribution in [0.15, 0.2) is 60.8 Å². The Labute approximate surface area is 175 Å². The van der Waals surface area contributed by atoms with Gasteiger partial charge < -0.3 is 9.64 Å². The Bertz CT molecular complexity index is 1040. The van der Waals surface area contributed by atoms with E-state index >= 15 is 0 Å². The average molecular weight is 408 g/mol. The van der Waals surface area contributed by atoms with Gasteiger partial charge in [-0.1, -0.05) is 35.9 Å². The zero-order valence-electron chi connectivity index (χ0n) is 16.4. The number of halogens is 1. The van der Waals surface area contributed by atoms with E-state index in [9.17, 15) is 4.79 Å². The van der Waals surface area contributed by atoms with Crippen LogP contribution in [0.5, 0.6) is 5.75 Å². The Morgan fingerprint density at radius 3 is 2.55 bits per heavy atom. The highest BCUT2D eigenvalue weighted by molar-refractivity contribution is 6.30. The van der Waals surface area contributed by atoms with Crippen molar-refractivity contribution in [1.82, 2.24) is 9.88 Å². The number of hydrogen-bond acceptors (Lipinski definition) is 3. The van der Waals surface area contributed by atoms with Gasteiger partial charge in [-0.3, -0.25) is 4.90 Å².